The number of ether oxygens (including phenoxy) is 1. The smallest absolute Gasteiger partial charge is 0.223 e. The second-order valence-corrected chi connectivity index (χ2v) is 5.30. The Morgan fingerprint density at radius 2 is 1.75 bits per heavy atom. The van der Waals surface area contributed by atoms with Gasteiger partial charge in [0.15, 0.2) is 0 Å². The Morgan fingerprint density at radius 1 is 1.00 bits per heavy atom. The van der Waals surface area contributed by atoms with E-state index in [1.54, 1.807) is 25.4 Å². The number of nitrogens with zero attached hydrogens (tertiary/aromatic N) is 2. The first-order valence-electron chi connectivity index (χ1n) is 7.70. The summed E-state index contributed by atoms with van der Waals surface area (Å²) in [7, 11) is 1.64. The fourth-order valence-electron chi connectivity index (χ4n) is 2.34. The molecule has 24 heavy (non-hydrogen) atoms. The zero-order valence-electron chi connectivity index (χ0n) is 13.4. The Bertz CT molecular complexity index is 788. The summed E-state index contributed by atoms with van der Waals surface area (Å²) in [6.45, 7) is 0.678. The van der Waals surface area contributed by atoms with Gasteiger partial charge in [0.1, 0.15) is 11.6 Å². The summed E-state index contributed by atoms with van der Waals surface area (Å²) in [4.78, 5) is 8.76. The van der Waals surface area contributed by atoms with Crippen molar-refractivity contribution in [1.29, 1.82) is 0 Å². The molecule has 0 unspecified atom stereocenters. The van der Waals surface area contributed by atoms with E-state index in [4.69, 9.17) is 4.74 Å². The molecular formula is C19H18FN3O. The lowest BCUT2D eigenvalue weighted by Gasteiger charge is -2.07. The van der Waals surface area contributed by atoms with E-state index in [2.05, 4.69) is 15.3 Å². The summed E-state index contributed by atoms with van der Waals surface area (Å²) in [5.41, 5.74) is 2.91. The minimum absolute atomic E-state index is 0.220. The number of hydrogen-bond acceptors (Lipinski definition) is 4. The van der Waals surface area contributed by atoms with E-state index in [0.29, 0.717) is 12.5 Å². The Kier molecular flexibility index (Phi) is 5.01. The number of aromatic nitrogens is 2. The number of halogens is 1. The van der Waals surface area contributed by atoms with Crippen LogP contribution in [-0.2, 0) is 6.42 Å². The van der Waals surface area contributed by atoms with Crippen LogP contribution in [0.3, 0.4) is 0 Å². The third-order valence-electron chi connectivity index (χ3n) is 3.65. The van der Waals surface area contributed by atoms with Crippen molar-refractivity contribution in [3.8, 4) is 17.0 Å². The normalized spacial score (nSPS) is 10.4. The van der Waals surface area contributed by atoms with Crippen LogP contribution in [0, 0.1) is 5.82 Å². The molecule has 0 bridgehead atoms. The van der Waals surface area contributed by atoms with Crippen molar-refractivity contribution in [3.63, 3.8) is 0 Å². The summed E-state index contributed by atoms with van der Waals surface area (Å²) in [6, 6.07) is 16.1. The topological polar surface area (TPSA) is 47.0 Å². The van der Waals surface area contributed by atoms with E-state index in [1.807, 2.05) is 30.3 Å². The van der Waals surface area contributed by atoms with Crippen LogP contribution in [-0.4, -0.2) is 23.6 Å². The van der Waals surface area contributed by atoms with Gasteiger partial charge in [0.2, 0.25) is 5.95 Å². The lowest BCUT2D eigenvalue weighted by molar-refractivity contribution is 0.415. The first kappa shape index (κ1) is 15.9. The largest absolute Gasteiger partial charge is 0.497 e. The molecule has 1 heterocycles. The van der Waals surface area contributed by atoms with Gasteiger partial charge in [-0.2, -0.15) is 0 Å². The molecule has 1 aromatic heterocycles. The first-order chi connectivity index (χ1) is 11.7. The van der Waals surface area contributed by atoms with Gasteiger partial charge in [-0.1, -0.05) is 12.1 Å². The molecule has 0 atom stereocenters. The molecule has 0 fully saturated rings. The zero-order valence-corrected chi connectivity index (χ0v) is 13.4. The highest BCUT2D eigenvalue weighted by Crippen LogP contribution is 2.21. The van der Waals surface area contributed by atoms with Gasteiger partial charge in [0.25, 0.3) is 0 Å². The van der Waals surface area contributed by atoms with Crippen LogP contribution in [0.1, 0.15) is 5.56 Å². The van der Waals surface area contributed by atoms with Crippen molar-refractivity contribution < 1.29 is 9.13 Å². The molecule has 2 aromatic carbocycles. The molecule has 0 spiro atoms. The van der Waals surface area contributed by atoms with Crippen molar-refractivity contribution >= 4 is 5.95 Å². The van der Waals surface area contributed by atoms with Crippen LogP contribution >= 0.6 is 0 Å². The highest BCUT2D eigenvalue weighted by Gasteiger charge is 2.03. The minimum atomic E-state index is -0.220. The van der Waals surface area contributed by atoms with Crippen LogP contribution in [0.2, 0.25) is 0 Å². The quantitative estimate of drug-likeness (QED) is 0.746. The van der Waals surface area contributed by atoms with Crippen LogP contribution in [0.15, 0.2) is 60.8 Å². The van der Waals surface area contributed by atoms with E-state index >= 15 is 0 Å². The summed E-state index contributed by atoms with van der Waals surface area (Å²) >= 11 is 0. The van der Waals surface area contributed by atoms with Crippen molar-refractivity contribution in [2.45, 2.75) is 6.42 Å². The van der Waals surface area contributed by atoms with Crippen LogP contribution in [0.4, 0.5) is 10.3 Å². The first-order valence-corrected chi connectivity index (χ1v) is 7.70. The van der Waals surface area contributed by atoms with Gasteiger partial charge < -0.3 is 10.1 Å². The van der Waals surface area contributed by atoms with Crippen molar-refractivity contribution in [2.75, 3.05) is 19.0 Å². The second-order valence-electron chi connectivity index (χ2n) is 5.30. The number of benzene rings is 2. The Balaban J connectivity index is 1.63. The monoisotopic (exact) mass is 323 g/mol. The maximum Gasteiger partial charge on any atom is 0.223 e. The van der Waals surface area contributed by atoms with E-state index in [-0.39, 0.29) is 5.82 Å². The summed E-state index contributed by atoms with van der Waals surface area (Å²) < 4.78 is 18.0. The van der Waals surface area contributed by atoms with E-state index in [9.17, 15) is 4.39 Å². The van der Waals surface area contributed by atoms with Crippen LogP contribution in [0.25, 0.3) is 11.3 Å². The van der Waals surface area contributed by atoms with Crippen molar-refractivity contribution in [2.24, 2.45) is 0 Å². The fourth-order valence-corrected chi connectivity index (χ4v) is 2.34. The highest BCUT2D eigenvalue weighted by molar-refractivity contribution is 5.60. The number of rotatable bonds is 6. The van der Waals surface area contributed by atoms with E-state index in [0.717, 1.165) is 29.0 Å². The molecule has 3 aromatic rings. The summed E-state index contributed by atoms with van der Waals surface area (Å²) in [5, 5.41) is 3.20. The van der Waals surface area contributed by atoms with Gasteiger partial charge in [-0.25, -0.2) is 14.4 Å². The SMILES string of the molecule is COc1ccc(-c2ccnc(NCCc3ccc(F)cc3)n2)cc1. The van der Waals surface area contributed by atoms with E-state index < -0.39 is 0 Å². The predicted octanol–water partition coefficient (Wildman–Crippen LogP) is 3.95. The molecular weight excluding hydrogens is 305 g/mol. The van der Waals surface area contributed by atoms with Gasteiger partial charge in [0, 0.05) is 18.3 Å². The van der Waals surface area contributed by atoms with E-state index in [1.165, 1.54) is 12.1 Å². The number of methoxy groups -OCH3 is 1. The average molecular weight is 323 g/mol. The molecule has 1 N–H and O–H groups in total. The number of nitrogens with one attached hydrogen (secondary N) is 1. The Morgan fingerprint density at radius 3 is 2.46 bits per heavy atom. The zero-order chi connectivity index (χ0) is 16.8. The Hall–Kier alpha value is -2.95. The fraction of sp³-hybridized carbons (Fsp3) is 0.158. The molecule has 0 amide bonds. The molecule has 0 saturated heterocycles. The highest BCUT2D eigenvalue weighted by atomic mass is 19.1. The molecule has 4 nitrogen and oxygen atoms in total. The maximum absolute atomic E-state index is 12.9. The van der Waals surface area contributed by atoms with Gasteiger partial charge in [-0.05, 0) is 54.4 Å². The number of hydrogen-bond donors (Lipinski definition) is 1. The molecule has 0 radical (unpaired) electrons. The van der Waals surface area contributed by atoms with Gasteiger partial charge in [-0.3, -0.25) is 0 Å². The number of anilines is 1. The third kappa shape index (κ3) is 4.07. The predicted molar refractivity (Wildman–Crippen MR) is 92.6 cm³/mol. The molecule has 0 saturated carbocycles. The lowest BCUT2D eigenvalue weighted by atomic mass is 10.1. The lowest BCUT2D eigenvalue weighted by Crippen LogP contribution is -2.08. The molecule has 0 aliphatic carbocycles. The third-order valence-corrected chi connectivity index (χ3v) is 3.65. The van der Waals surface area contributed by atoms with Gasteiger partial charge in [0.05, 0.1) is 12.8 Å². The van der Waals surface area contributed by atoms with Crippen LogP contribution in [0.5, 0.6) is 5.75 Å². The standard InChI is InChI=1S/C19H18FN3O/c1-24-17-8-4-15(5-9-17)18-11-13-22-19(23-18)21-12-10-14-2-6-16(20)7-3-14/h2-9,11,13H,10,12H2,1H3,(H,21,22,23). The maximum atomic E-state index is 12.9. The minimum Gasteiger partial charge on any atom is -0.497 e. The van der Waals surface area contributed by atoms with Gasteiger partial charge >= 0.3 is 0 Å². The molecule has 5 heteroatoms. The van der Waals surface area contributed by atoms with Crippen LogP contribution < -0.4 is 10.1 Å². The molecule has 3 rings (SSSR count). The molecule has 122 valence electrons. The molecule has 0 aliphatic heterocycles. The second kappa shape index (κ2) is 7.55. The van der Waals surface area contributed by atoms with Crippen molar-refractivity contribution in [3.05, 3.63) is 72.2 Å². The van der Waals surface area contributed by atoms with Crippen molar-refractivity contribution in [1.82, 2.24) is 9.97 Å². The summed E-state index contributed by atoms with van der Waals surface area (Å²) in [6.07, 6.45) is 2.50. The summed E-state index contributed by atoms with van der Waals surface area (Å²) in [5.74, 6) is 1.16. The average Bonchev–Trinajstić information content (AvgIpc) is 2.64. The Labute approximate surface area is 140 Å². The molecule has 0 aliphatic rings. The van der Waals surface area contributed by atoms with Gasteiger partial charge in [-0.15, -0.1) is 0 Å².